The van der Waals surface area contributed by atoms with Crippen LogP contribution < -0.4 is 9.47 Å². The van der Waals surface area contributed by atoms with Crippen LogP contribution in [0.3, 0.4) is 0 Å². The summed E-state index contributed by atoms with van der Waals surface area (Å²) in [6, 6.07) is 31.7. The van der Waals surface area contributed by atoms with Crippen molar-refractivity contribution in [2.75, 3.05) is 32.9 Å². The molecule has 1 saturated heterocycles. The molecule has 5 aromatic carbocycles. The molecule has 1 atom stereocenters. The second-order valence-corrected chi connectivity index (χ2v) is 12.7. The Morgan fingerprint density at radius 2 is 1.46 bits per heavy atom. The van der Waals surface area contributed by atoms with Crippen LogP contribution in [0.1, 0.15) is 56.0 Å². The van der Waals surface area contributed by atoms with E-state index < -0.39 is 5.97 Å². The number of carbonyl (C=O) groups is 2. The number of aromatic hydroxyl groups is 3. The second kappa shape index (κ2) is 15.8. The van der Waals surface area contributed by atoms with Gasteiger partial charge in [-0.2, -0.15) is 0 Å². The number of aromatic carboxylic acids is 1. The fourth-order valence-corrected chi connectivity index (χ4v) is 6.28. The molecule has 2 heterocycles. The number of rotatable bonds is 10. The van der Waals surface area contributed by atoms with E-state index in [4.69, 9.17) is 19.7 Å². The summed E-state index contributed by atoms with van der Waals surface area (Å²) >= 11 is 0. The summed E-state index contributed by atoms with van der Waals surface area (Å²) in [6.07, 6.45) is -0.383. The number of nitrogens with zero attached hydrogens (tertiary/aromatic N) is 1. The monoisotopic (exact) mass is 703 g/mol. The lowest BCUT2D eigenvalue weighted by atomic mass is 9.86. The van der Waals surface area contributed by atoms with E-state index in [-0.39, 0.29) is 47.3 Å². The van der Waals surface area contributed by atoms with Gasteiger partial charge in [-0.15, -0.1) is 0 Å². The van der Waals surface area contributed by atoms with Crippen molar-refractivity contribution in [1.29, 1.82) is 0 Å². The van der Waals surface area contributed by atoms with Gasteiger partial charge in [-0.05, 0) is 102 Å². The van der Waals surface area contributed by atoms with Crippen molar-refractivity contribution in [2.45, 2.75) is 13.0 Å². The van der Waals surface area contributed by atoms with Gasteiger partial charge in [0.2, 0.25) is 0 Å². The van der Waals surface area contributed by atoms with Crippen LogP contribution >= 0.6 is 0 Å². The molecule has 52 heavy (non-hydrogen) atoms. The van der Waals surface area contributed by atoms with Crippen LogP contribution in [0.5, 0.6) is 28.7 Å². The molecular weight excluding hydrogens is 665 g/mol. The zero-order valence-corrected chi connectivity index (χ0v) is 28.4. The molecule has 0 aromatic heterocycles. The molecule has 10 heteroatoms. The number of carbonyl (C=O) groups excluding carboxylic acids is 1. The number of benzene rings is 5. The van der Waals surface area contributed by atoms with Crippen LogP contribution in [0.2, 0.25) is 0 Å². The average Bonchev–Trinajstić information content (AvgIpc) is 3.13. The highest BCUT2D eigenvalue weighted by Crippen LogP contribution is 2.47. The normalized spacial score (nSPS) is 15.4. The van der Waals surface area contributed by atoms with Crippen molar-refractivity contribution >= 4 is 22.9 Å². The second-order valence-electron chi connectivity index (χ2n) is 12.7. The van der Waals surface area contributed by atoms with E-state index in [9.17, 15) is 24.2 Å². The highest BCUT2D eigenvalue weighted by atomic mass is 19.1. The van der Waals surface area contributed by atoms with Gasteiger partial charge in [0.05, 0.1) is 12.2 Å². The lowest BCUT2D eigenvalue weighted by Crippen LogP contribution is -2.49. The first-order valence-corrected chi connectivity index (χ1v) is 16.8. The van der Waals surface area contributed by atoms with Crippen molar-refractivity contribution in [3.05, 3.63) is 149 Å². The van der Waals surface area contributed by atoms with Gasteiger partial charge in [0.15, 0.2) is 5.78 Å². The van der Waals surface area contributed by atoms with Crippen molar-refractivity contribution in [1.82, 2.24) is 4.90 Å². The molecule has 2 aliphatic rings. The number of phenols is 3. The molecule has 2 aliphatic heterocycles. The number of allylic oxidation sites excluding steroid dienone is 1. The van der Waals surface area contributed by atoms with Crippen LogP contribution in [-0.2, 0) is 0 Å². The summed E-state index contributed by atoms with van der Waals surface area (Å²) < 4.78 is 24.9. The Balaban J connectivity index is 0.000000217. The van der Waals surface area contributed by atoms with Crippen molar-refractivity contribution in [3.63, 3.8) is 0 Å². The molecule has 7 rings (SSSR count). The molecule has 0 amide bonds. The number of carboxylic acid groups (broad SMARTS) is 1. The number of carboxylic acids is 1. The molecule has 0 saturated carbocycles. The maximum absolute atomic E-state index is 12.6. The third-order valence-electron chi connectivity index (χ3n) is 9.05. The van der Waals surface area contributed by atoms with Crippen molar-refractivity contribution in [3.8, 4) is 28.7 Å². The van der Waals surface area contributed by atoms with Gasteiger partial charge in [-0.25, -0.2) is 4.79 Å². The standard InChI is InChI=1S/C28H28FNO4.C14H10O4/c1-18-25-14-23(32)7-10-26(25)34-28(27(18)21-3-2-4-22(31)13-21)20-5-8-24(9-6-20)33-12-11-30-16-19(15-29)17-30;15-12-6-4-9(5-7-12)13(16)10-2-1-3-11(8-10)14(17)18/h2-10,13-14,19,28,31-32H,11-12,15-17H2,1H3;1-8,15H,(H,17,18). The van der Waals surface area contributed by atoms with Gasteiger partial charge in [0.25, 0.3) is 0 Å². The first-order chi connectivity index (χ1) is 25.1. The molecule has 0 aliphatic carbocycles. The molecule has 1 fully saturated rings. The lowest BCUT2D eigenvalue weighted by Gasteiger charge is -2.37. The Labute approximate surface area is 300 Å². The molecule has 4 N–H and O–H groups in total. The van der Waals surface area contributed by atoms with Gasteiger partial charge in [0, 0.05) is 47.8 Å². The Hall–Kier alpha value is -6.13. The molecule has 1 unspecified atom stereocenters. The molecule has 0 spiro atoms. The molecule has 9 nitrogen and oxygen atoms in total. The smallest absolute Gasteiger partial charge is 0.335 e. The first kappa shape index (κ1) is 35.7. The minimum absolute atomic E-state index is 0.0691. The molecule has 266 valence electrons. The van der Waals surface area contributed by atoms with Crippen LogP contribution in [0, 0.1) is 5.92 Å². The van der Waals surface area contributed by atoms with Gasteiger partial charge >= 0.3 is 5.97 Å². The minimum Gasteiger partial charge on any atom is -0.508 e. The maximum Gasteiger partial charge on any atom is 0.335 e. The SMILES string of the molecule is CC1=C(c2cccc(O)c2)C(c2ccc(OCCN3CC(CF)C3)cc2)Oc2ccc(O)cc21.O=C(O)c1cccc(C(=O)c2ccc(O)cc2)c1. The van der Waals surface area contributed by atoms with Gasteiger partial charge in [-0.3, -0.25) is 14.1 Å². The maximum atomic E-state index is 12.6. The topological polar surface area (TPSA) is 137 Å². The number of hydrogen-bond donors (Lipinski definition) is 4. The average molecular weight is 704 g/mol. The predicted molar refractivity (Wildman–Crippen MR) is 195 cm³/mol. The molecule has 0 radical (unpaired) electrons. The van der Waals surface area contributed by atoms with E-state index in [1.165, 1.54) is 42.5 Å². The number of fused-ring (bicyclic) bond motifs is 1. The number of halogens is 1. The van der Waals surface area contributed by atoms with Crippen LogP contribution in [0.25, 0.3) is 11.1 Å². The largest absolute Gasteiger partial charge is 0.508 e. The molecule has 5 aromatic rings. The minimum atomic E-state index is -1.07. The highest BCUT2D eigenvalue weighted by Gasteiger charge is 2.30. The van der Waals surface area contributed by atoms with E-state index in [0.29, 0.717) is 23.5 Å². The fourth-order valence-electron chi connectivity index (χ4n) is 6.28. The Morgan fingerprint density at radius 1 is 0.788 bits per heavy atom. The Bertz CT molecular complexity index is 2090. The van der Waals surface area contributed by atoms with Gasteiger partial charge in [-0.1, -0.05) is 36.4 Å². The van der Waals surface area contributed by atoms with Gasteiger partial charge in [0.1, 0.15) is 41.5 Å². The van der Waals surface area contributed by atoms with Crippen LogP contribution in [-0.4, -0.2) is 70.0 Å². The fraction of sp³-hybridized carbons (Fsp3) is 0.190. The van der Waals surface area contributed by atoms with Crippen molar-refractivity contribution < 1.29 is 43.9 Å². The third-order valence-corrected chi connectivity index (χ3v) is 9.05. The number of hydrogen-bond acceptors (Lipinski definition) is 8. The van der Waals surface area contributed by atoms with E-state index in [0.717, 1.165) is 53.2 Å². The summed E-state index contributed by atoms with van der Waals surface area (Å²) in [4.78, 5) is 25.1. The number of phenolic OH excluding ortho intramolecular Hbond substituents is 3. The summed E-state index contributed by atoms with van der Waals surface area (Å²) in [7, 11) is 0. The van der Waals surface area contributed by atoms with Crippen LogP contribution in [0.4, 0.5) is 4.39 Å². The first-order valence-electron chi connectivity index (χ1n) is 16.8. The van der Waals surface area contributed by atoms with Crippen LogP contribution in [0.15, 0.2) is 115 Å². The van der Waals surface area contributed by atoms with E-state index in [1.807, 2.05) is 43.3 Å². The number of alkyl halides is 1. The van der Waals surface area contributed by atoms with E-state index >= 15 is 0 Å². The third kappa shape index (κ3) is 8.25. The number of ether oxygens (including phenoxy) is 2. The summed E-state index contributed by atoms with van der Waals surface area (Å²) in [6.45, 7) is 4.72. The summed E-state index contributed by atoms with van der Waals surface area (Å²) in [5.74, 6) is 0.732. The highest BCUT2D eigenvalue weighted by molar-refractivity contribution is 6.10. The zero-order chi connectivity index (χ0) is 36.8. The lowest BCUT2D eigenvalue weighted by molar-refractivity contribution is 0.0668. The number of ketones is 1. The van der Waals surface area contributed by atoms with E-state index in [2.05, 4.69) is 4.90 Å². The quantitative estimate of drug-likeness (QED) is 0.108. The summed E-state index contributed by atoms with van der Waals surface area (Å²) in [5, 5.41) is 38.1. The van der Waals surface area contributed by atoms with E-state index in [1.54, 1.807) is 36.4 Å². The van der Waals surface area contributed by atoms with Gasteiger partial charge < -0.3 is 29.9 Å². The summed E-state index contributed by atoms with van der Waals surface area (Å²) in [5.41, 5.74) is 5.33. The number of likely N-dealkylation sites (tertiary alicyclic amines) is 1. The predicted octanol–water partition coefficient (Wildman–Crippen LogP) is 7.76. The zero-order valence-electron chi connectivity index (χ0n) is 28.4. The molecule has 0 bridgehead atoms. The van der Waals surface area contributed by atoms with Crippen molar-refractivity contribution in [2.24, 2.45) is 5.92 Å². The Morgan fingerprint density at radius 3 is 2.15 bits per heavy atom. The molecular formula is C42H38FNO8. The Kier molecular flexibility index (Phi) is 10.9.